The predicted molar refractivity (Wildman–Crippen MR) is 78.3 cm³/mol. The van der Waals surface area contributed by atoms with Crippen molar-refractivity contribution in [3.8, 4) is 0 Å². The van der Waals surface area contributed by atoms with Crippen LogP contribution < -0.4 is 0 Å². The van der Waals surface area contributed by atoms with Gasteiger partial charge >= 0.3 is 0 Å². The van der Waals surface area contributed by atoms with E-state index in [1.165, 1.54) is 38.5 Å². The lowest BCUT2D eigenvalue weighted by molar-refractivity contribution is -0.0238. The lowest BCUT2D eigenvalue weighted by Gasteiger charge is -2.55. The van der Waals surface area contributed by atoms with E-state index in [-0.39, 0.29) is 5.78 Å². The van der Waals surface area contributed by atoms with Gasteiger partial charge in [-0.2, -0.15) is 0 Å². The third-order valence-electron chi connectivity index (χ3n) is 5.64. The quantitative estimate of drug-likeness (QED) is 0.611. The molecular formula is C18H21NO. The van der Waals surface area contributed by atoms with E-state index in [1.807, 2.05) is 6.08 Å². The Morgan fingerprint density at radius 3 is 2.15 bits per heavy atom. The molecule has 0 saturated heterocycles. The van der Waals surface area contributed by atoms with Gasteiger partial charge in [-0.1, -0.05) is 6.08 Å². The molecule has 0 amide bonds. The predicted octanol–water partition coefficient (Wildman–Crippen LogP) is 4.04. The van der Waals surface area contributed by atoms with E-state index in [2.05, 4.69) is 11.1 Å². The highest BCUT2D eigenvalue weighted by atomic mass is 16.1. The molecule has 0 atom stereocenters. The van der Waals surface area contributed by atoms with Crippen molar-refractivity contribution in [1.29, 1.82) is 0 Å². The number of aromatic nitrogens is 1. The number of rotatable bonds is 3. The fourth-order valence-corrected chi connectivity index (χ4v) is 5.25. The molecule has 20 heavy (non-hydrogen) atoms. The van der Waals surface area contributed by atoms with Gasteiger partial charge in [-0.15, -0.1) is 0 Å². The molecule has 0 spiro atoms. The van der Waals surface area contributed by atoms with Gasteiger partial charge in [-0.25, -0.2) is 0 Å². The number of allylic oxidation sites excluding steroid dienone is 2. The van der Waals surface area contributed by atoms with Crippen LogP contribution in [0.2, 0.25) is 0 Å². The van der Waals surface area contributed by atoms with Crippen LogP contribution >= 0.6 is 0 Å². The topological polar surface area (TPSA) is 30.0 Å². The van der Waals surface area contributed by atoms with Gasteiger partial charge in [0, 0.05) is 18.0 Å². The summed E-state index contributed by atoms with van der Waals surface area (Å²) in [5.41, 5.74) is 1.10. The summed E-state index contributed by atoms with van der Waals surface area (Å²) in [6.07, 6.45) is 15.8. The van der Waals surface area contributed by atoms with Gasteiger partial charge in [-0.3, -0.25) is 9.78 Å². The molecule has 1 heterocycles. The van der Waals surface area contributed by atoms with Crippen LogP contribution in [-0.2, 0) is 0 Å². The first-order chi connectivity index (χ1) is 9.72. The Morgan fingerprint density at radius 1 is 1.05 bits per heavy atom. The third kappa shape index (κ3) is 2.11. The summed E-state index contributed by atoms with van der Waals surface area (Å²) in [7, 11) is 0. The van der Waals surface area contributed by atoms with Crippen molar-refractivity contribution in [3.63, 3.8) is 0 Å². The van der Waals surface area contributed by atoms with Gasteiger partial charge in [0.05, 0.1) is 0 Å². The van der Waals surface area contributed by atoms with Crippen LogP contribution in [0.25, 0.3) is 0 Å². The van der Waals surface area contributed by atoms with E-state index in [0.717, 1.165) is 23.3 Å². The van der Waals surface area contributed by atoms with Crippen molar-refractivity contribution in [3.05, 3.63) is 42.2 Å². The van der Waals surface area contributed by atoms with Crippen molar-refractivity contribution in [2.24, 2.45) is 23.2 Å². The second-order valence-corrected chi connectivity index (χ2v) is 7.21. The Bertz CT molecular complexity index is 511. The Hall–Kier alpha value is -1.44. The Morgan fingerprint density at radius 2 is 1.60 bits per heavy atom. The van der Waals surface area contributed by atoms with E-state index < -0.39 is 0 Å². The smallest absolute Gasteiger partial charge is 0.185 e. The molecule has 0 N–H and O–H groups in total. The monoisotopic (exact) mass is 267 g/mol. The molecule has 2 nitrogen and oxygen atoms in total. The first-order valence-electron chi connectivity index (χ1n) is 7.86. The molecule has 4 fully saturated rings. The maximum absolute atomic E-state index is 12.2. The molecule has 5 rings (SSSR count). The maximum atomic E-state index is 12.2. The van der Waals surface area contributed by atoms with Crippen molar-refractivity contribution in [2.45, 2.75) is 38.5 Å². The second kappa shape index (κ2) is 4.54. The van der Waals surface area contributed by atoms with E-state index in [1.54, 1.807) is 24.5 Å². The number of carbonyl (C=O) groups excluding carboxylic acids is 1. The van der Waals surface area contributed by atoms with Gasteiger partial charge in [0.2, 0.25) is 0 Å². The van der Waals surface area contributed by atoms with Crippen LogP contribution in [0.3, 0.4) is 0 Å². The third-order valence-corrected chi connectivity index (χ3v) is 5.64. The van der Waals surface area contributed by atoms with Crippen molar-refractivity contribution in [2.75, 3.05) is 0 Å². The highest BCUT2D eigenvalue weighted by Crippen LogP contribution is 2.60. The molecular weight excluding hydrogens is 246 g/mol. The van der Waals surface area contributed by atoms with Gasteiger partial charge in [0.15, 0.2) is 5.78 Å². The number of hydrogen-bond donors (Lipinski definition) is 0. The summed E-state index contributed by atoms with van der Waals surface area (Å²) >= 11 is 0. The van der Waals surface area contributed by atoms with Gasteiger partial charge in [0.25, 0.3) is 0 Å². The number of carbonyl (C=O) groups is 1. The molecule has 4 saturated carbocycles. The van der Waals surface area contributed by atoms with Gasteiger partial charge in [0.1, 0.15) is 0 Å². The number of nitrogens with zero attached hydrogens (tertiary/aromatic N) is 1. The Kier molecular flexibility index (Phi) is 2.80. The number of ketones is 1. The van der Waals surface area contributed by atoms with Crippen LogP contribution in [0.5, 0.6) is 0 Å². The molecule has 1 aromatic rings. The average Bonchev–Trinajstić information content (AvgIpc) is 2.44. The molecule has 0 radical (unpaired) electrons. The van der Waals surface area contributed by atoms with Gasteiger partial charge in [-0.05, 0) is 79.9 Å². The summed E-state index contributed by atoms with van der Waals surface area (Å²) < 4.78 is 0. The minimum Gasteiger partial charge on any atom is -0.289 e. The average molecular weight is 267 g/mol. The normalized spacial score (nSPS) is 38.5. The molecule has 0 aromatic carbocycles. The zero-order valence-corrected chi connectivity index (χ0v) is 11.8. The fourth-order valence-electron chi connectivity index (χ4n) is 5.25. The molecule has 4 bridgehead atoms. The molecule has 4 aliphatic carbocycles. The summed E-state index contributed by atoms with van der Waals surface area (Å²) in [6, 6.07) is 3.60. The molecule has 104 valence electrons. The Balaban J connectivity index is 1.54. The highest BCUT2D eigenvalue weighted by Gasteiger charge is 2.49. The van der Waals surface area contributed by atoms with Crippen LogP contribution in [-0.4, -0.2) is 10.8 Å². The summed E-state index contributed by atoms with van der Waals surface area (Å²) in [6.45, 7) is 0. The standard InChI is InChI=1S/C18H21NO/c20-17(16-2-5-19-6-3-16)1-4-18-10-13-7-14(11-18)9-15(8-13)12-18/h1-6,13-15H,7-12H2. The minimum atomic E-state index is 0.128. The van der Waals surface area contributed by atoms with Crippen LogP contribution in [0.15, 0.2) is 36.7 Å². The first kappa shape index (κ1) is 12.3. The fraction of sp³-hybridized carbons (Fsp3) is 0.556. The second-order valence-electron chi connectivity index (χ2n) is 7.21. The lowest BCUT2D eigenvalue weighted by atomic mass is 9.49. The number of hydrogen-bond acceptors (Lipinski definition) is 2. The van der Waals surface area contributed by atoms with Crippen LogP contribution in [0, 0.1) is 23.2 Å². The Labute approximate surface area is 120 Å². The summed E-state index contributed by atoms with van der Waals surface area (Å²) in [5.74, 6) is 2.92. The van der Waals surface area contributed by atoms with E-state index >= 15 is 0 Å². The van der Waals surface area contributed by atoms with Crippen LogP contribution in [0.1, 0.15) is 48.9 Å². The summed E-state index contributed by atoms with van der Waals surface area (Å²) in [5, 5.41) is 0. The highest BCUT2D eigenvalue weighted by molar-refractivity contribution is 6.04. The minimum absolute atomic E-state index is 0.128. The van der Waals surface area contributed by atoms with Crippen molar-refractivity contribution < 1.29 is 4.79 Å². The molecule has 1 aromatic heterocycles. The first-order valence-corrected chi connectivity index (χ1v) is 7.86. The number of pyridine rings is 1. The van der Waals surface area contributed by atoms with E-state index in [9.17, 15) is 4.79 Å². The SMILES string of the molecule is O=C(C=CC12CC3CC(CC(C3)C1)C2)c1ccncc1. The largest absolute Gasteiger partial charge is 0.289 e. The lowest BCUT2D eigenvalue weighted by Crippen LogP contribution is -2.45. The van der Waals surface area contributed by atoms with Crippen LogP contribution in [0.4, 0.5) is 0 Å². The summed E-state index contributed by atoms with van der Waals surface area (Å²) in [4.78, 5) is 16.2. The van der Waals surface area contributed by atoms with E-state index in [0.29, 0.717) is 5.41 Å². The molecule has 4 aliphatic rings. The van der Waals surface area contributed by atoms with Gasteiger partial charge < -0.3 is 0 Å². The molecule has 0 unspecified atom stereocenters. The zero-order valence-electron chi connectivity index (χ0n) is 11.8. The van der Waals surface area contributed by atoms with Crippen molar-refractivity contribution in [1.82, 2.24) is 4.98 Å². The molecule has 0 aliphatic heterocycles. The maximum Gasteiger partial charge on any atom is 0.185 e. The van der Waals surface area contributed by atoms with E-state index in [4.69, 9.17) is 0 Å². The molecule has 2 heteroatoms. The zero-order chi connectivity index (χ0) is 13.6. The van der Waals surface area contributed by atoms with Crippen molar-refractivity contribution >= 4 is 5.78 Å².